The molecule has 4 rings (SSSR count). The number of allylic oxidation sites excluding steroid dienone is 1. The number of alkyl halides is 1. The van der Waals surface area contributed by atoms with Gasteiger partial charge in [0.05, 0.1) is 0 Å². The van der Waals surface area contributed by atoms with E-state index in [1.54, 1.807) is 6.92 Å². The SMILES string of the molecule is CC(=O)O[C@H]1CC[C@@]2(C)C(=CC[C@H]3[C@@H]4C[C@@H](Cl)[C@H](C(C)=O)[C@@]4(C)CC[C@@H]32)C1. The van der Waals surface area contributed by atoms with Gasteiger partial charge in [-0.3, -0.25) is 9.59 Å². The molecule has 0 saturated heterocycles. The van der Waals surface area contributed by atoms with Crippen molar-refractivity contribution in [2.24, 2.45) is 34.5 Å². The first kappa shape index (κ1) is 19.5. The molecule has 4 heteroatoms. The van der Waals surface area contributed by atoms with Gasteiger partial charge >= 0.3 is 5.97 Å². The monoisotopic (exact) mass is 392 g/mol. The second-order valence-electron chi connectivity index (χ2n) is 10.1. The van der Waals surface area contributed by atoms with Crippen LogP contribution in [-0.2, 0) is 14.3 Å². The zero-order chi connectivity index (χ0) is 19.6. The van der Waals surface area contributed by atoms with Crippen LogP contribution in [0.15, 0.2) is 11.6 Å². The summed E-state index contributed by atoms with van der Waals surface area (Å²) in [6, 6.07) is 0. The molecule has 27 heavy (non-hydrogen) atoms. The summed E-state index contributed by atoms with van der Waals surface area (Å²) in [4.78, 5) is 23.7. The molecular formula is C23H33ClO3. The Morgan fingerprint density at radius 2 is 1.89 bits per heavy atom. The van der Waals surface area contributed by atoms with Crippen LogP contribution in [0.5, 0.6) is 0 Å². The van der Waals surface area contributed by atoms with Crippen molar-refractivity contribution in [3.63, 3.8) is 0 Å². The van der Waals surface area contributed by atoms with Crippen LogP contribution in [0.25, 0.3) is 0 Å². The van der Waals surface area contributed by atoms with Crippen LogP contribution >= 0.6 is 11.6 Å². The molecule has 0 aromatic carbocycles. The number of halogens is 1. The maximum atomic E-state index is 12.4. The molecule has 0 aromatic heterocycles. The second-order valence-corrected chi connectivity index (χ2v) is 10.7. The Balaban J connectivity index is 1.61. The van der Waals surface area contributed by atoms with Gasteiger partial charge in [-0.25, -0.2) is 0 Å². The van der Waals surface area contributed by atoms with Gasteiger partial charge in [0.25, 0.3) is 0 Å². The molecule has 0 heterocycles. The van der Waals surface area contributed by atoms with Crippen LogP contribution in [-0.4, -0.2) is 23.2 Å². The molecule has 0 unspecified atom stereocenters. The zero-order valence-electron chi connectivity index (χ0n) is 17.1. The molecular weight excluding hydrogens is 360 g/mol. The maximum absolute atomic E-state index is 12.4. The highest BCUT2D eigenvalue weighted by Gasteiger charge is 2.61. The Morgan fingerprint density at radius 3 is 2.56 bits per heavy atom. The third-order valence-corrected chi connectivity index (χ3v) is 9.25. The van der Waals surface area contributed by atoms with Gasteiger partial charge < -0.3 is 4.74 Å². The van der Waals surface area contributed by atoms with Crippen molar-refractivity contribution >= 4 is 23.4 Å². The number of esters is 1. The summed E-state index contributed by atoms with van der Waals surface area (Å²) in [5.41, 5.74) is 1.79. The van der Waals surface area contributed by atoms with Gasteiger partial charge in [-0.1, -0.05) is 25.5 Å². The Labute approximate surface area is 168 Å². The number of Topliss-reactive ketones (excluding diaryl/α,β-unsaturated/α-hetero) is 1. The molecule has 0 spiro atoms. The Morgan fingerprint density at radius 1 is 1.15 bits per heavy atom. The van der Waals surface area contributed by atoms with E-state index >= 15 is 0 Å². The number of hydrogen-bond donors (Lipinski definition) is 0. The normalized spacial score (nSPS) is 48.7. The molecule has 8 atom stereocenters. The molecule has 3 fully saturated rings. The van der Waals surface area contributed by atoms with Crippen molar-refractivity contribution in [1.82, 2.24) is 0 Å². The summed E-state index contributed by atoms with van der Waals surface area (Å²) >= 11 is 6.72. The predicted octanol–water partition coefficient (Wildman–Crippen LogP) is 5.30. The fourth-order valence-electron chi connectivity index (χ4n) is 7.65. The number of rotatable bonds is 2. The van der Waals surface area contributed by atoms with Crippen molar-refractivity contribution in [1.29, 1.82) is 0 Å². The lowest BCUT2D eigenvalue weighted by molar-refractivity contribution is -0.149. The van der Waals surface area contributed by atoms with E-state index in [4.69, 9.17) is 16.3 Å². The summed E-state index contributed by atoms with van der Waals surface area (Å²) in [5.74, 6) is 1.98. The highest BCUT2D eigenvalue weighted by Crippen LogP contribution is 2.67. The highest BCUT2D eigenvalue weighted by atomic mass is 35.5. The van der Waals surface area contributed by atoms with E-state index < -0.39 is 0 Å². The maximum Gasteiger partial charge on any atom is 0.302 e. The predicted molar refractivity (Wildman–Crippen MR) is 106 cm³/mol. The van der Waals surface area contributed by atoms with Gasteiger partial charge in [0.2, 0.25) is 0 Å². The van der Waals surface area contributed by atoms with Crippen LogP contribution in [0.4, 0.5) is 0 Å². The van der Waals surface area contributed by atoms with Crippen molar-refractivity contribution in [3.8, 4) is 0 Å². The van der Waals surface area contributed by atoms with E-state index in [1.165, 1.54) is 18.9 Å². The highest BCUT2D eigenvalue weighted by molar-refractivity contribution is 6.22. The number of carbonyl (C=O) groups is 2. The minimum absolute atomic E-state index is 0.00543. The lowest BCUT2D eigenvalue weighted by Crippen LogP contribution is -2.51. The lowest BCUT2D eigenvalue weighted by atomic mass is 9.47. The summed E-state index contributed by atoms with van der Waals surface area (Å²) in [6.45, 7) is 8.02. The van der Waals surface area contributed by atoms with Gasteiger partial charge in [0.15, 0.2) is 0 Å². The molecule has 0 aliphatic heterocycles. The average molecular weight is 393 g/mol. The average Bonchev–Trinajstić information content (AvgIpc) is 2.85. The zero-order valence-corrected chi connectivity index (χ0v) is 17.8. The molecule has 0 aromatic rings. The van der Waals surface area contributed by atoms with Crippen LogP contribution in [0, 0.1) is 34.5 Å². The molecule has 4 aliphatic rings. The number of ether oxygens (including phenoxy) is 1. The fourth-order valence-corrected chi connectivity index (χ4v) is 8.31. The first-order chi connectivity index (χ1) is 12.7. The molecule has 4 aliphatic carbocycles. The van der Waals surface area contributed by atoms with Crippen molar-refractivity contribution < 1.29 is 14.3 Å². The number of fused-ring (bicyclic) bond motifs is 5. The topological polar surface area (TPSA) is 43.4 Å². The number of ketones is 1. The minimum atomic E-state index is -0.166. The Bertz CT molecular complexity index is 685. The smallest absolute Gasteiger partial charge is 0.302 e. The minimum Gasteiger partial charge on any atom is -0.462 e. The van der Waals surface area contributed by atoms with E-state index in [0.717, 1.165) is 38.5 Å². The fraction of sp³-hybridized carbons (Fsp3) is 0.826. The van der Waals surface area contributed by atoms with Crippen LogP contribution in [0.1, 0.15) is 72.6 Å². The van der Waals surface area contributed by atoms with Crippen LogP contribution in [0.2, 0.25) is 0 Å². The Hall–Kier alpha value is -0.830. The number of hydrogen-bond acceptors (Lipinski definition) is 3. The number of carbonyl (C=O) groups excluding carboxylic acids is 2. The lowest BCUT2D eigenvalue weighted by Gasteiger charge is -2.57. The molecule has 0 bridgehead atoms. The summed E-state index contributed by atoms with van der Waals surface area (Å²) < 4.78 is 5.53. The van der Waals surface area contributed by atoms with Gasteiger partial charge in [0, 0.05) is 24.6 Å². The summed E-state index contributed by atoms with van der Waals surface area (Å²) in [6.07, 6.45) is 9.85. The molecule has 0 radical (unpaired) electrons. The molecule has 150 valence electrons. The van der Waals surface area contributed by atoms with E-state index in [-0.39, 0.29) is 40.0 Å². The van der Waals surface area contributed by atoms with E-state index in [1.807, 2.05) is 0 Å². The van der Waals surface area contributed by atoms with Gasteiger partial charge in [0.1, 0.15) is 11.9 Å². The molecule has 3 nitrogen and oxygen atoms in total. The van der Waals surface area contributed by atoms with Crippen molar-refractivity contribution in [3.05, 3.63) is 11.6 Å². The van der Waals surface area contributed by atoms with Gasteiger partial charge in [-0.2, -0.15) is 0 Å². The first-order valence-corrected chi connectivity index (χ1v) is 11.1. The Kier molecular flexibility index (Phi) is 4.77. The standard InChI is InChI=1S/C23H33ClO3/c1-13(25)21-20(24)12-19-17-6-5-15-11-16(27-14(2)26)7-9-22(15,3)18(17)8-10-23(19,21)4/h5,16-21H,6-12H2,1-4H3/t16-,17+,18-,19-,20+,21-,22-,23-/m0/s1. The third kappa shape index (κ3) is 2.91. The van der Waals surface area contributed by atoms with Crippen LogP contribution in [0.3, 0.4) is 0 Å². The molecule has 0 N–H and O–H groups in total. The molecule has 3 saturated carbocycles. The van der Waals surface area contributed by atoms with E-state index in [2.05, 4.69) is 19.9 Å². The van der Waals surface area contributed by atoms with Crippen molar-refractivity contribution in [2.75, 3.05) is 0 Å². The quantitative estimate of drug-likeness (QED) is 0.363. The largest absolute Gasteiger partial charge is 0.462 e. The molecule has 0 amide bonds. The van der Waals surface area contributed by atoms with Gasteiger partial charge in [-0.05, 0) is 74.0 Å². The third-order valence-electron chi connectivity index (χ3n) is 8.82. The summed E-state index contributed by atoms with van der Waals surface area (Å²) in [5, 5.41) is -0.00543. The van der Waals surface area contributed by atoms with Gasteiger partial charge in [-0.15, -0.1) is 11.6 Å². The van der Waals surface area contributed by atoms with E-state index in [9.17, 15) is 9.59 Å². The summed E-state index contributed by atoms with van der Waals surface area (Å²) in [7, 11) is 0. The van der Waals surface area contributed by atoms with Crippen LogP contribution < -0.4 is 0 Å². The second kappa shape index (κ2) is 6.61. The van der Waals surface area contributed by atoms with E-state index in [0.29, 0.717) is 17.8 Å². The van der Waals surface area contributed by atoms with Crippen molar-refractivity contribution in [2.45, 2.75) is 84.1 Å². The first-order valence-electron chi connectivity index (χ1n) is 10.7.